The Bertz CT molecular complexity index is 1190. The molecule has 0 N–H and O–H groups in total. The number of hydrogen-bond acceptors (Lipinski definition) is 6. The van der Waals surface area contributed by atoms with E-state index in [1.807, 2.05) is 39.8 Å². The Hall–Kier alpha value is -3.35. The Kier molecular flexibility index (Phi) is 7.53. The topological polar surface area (TPSA) is 82.1 Å². The van der Waals surface area contributed by atoms with Gasteiger partial charge in [-0.3, -0.25) is 14.4 Å². The first-order valence-electron chi connectivity index (χ1n) is 12.2. The summed E-state index contributed by atoms with van der Waals surface area (Å²) in [5, 5.41) is 0. The van der Waals surface area contributed by atoms with E-state index in [2.05, 4.69) is 0 Å². The van der Waals surface area contributed by atoms with E-state index in [1.54, 1.807) is 52.9 Å². The third-order valence-corrected chi connectivity index (χ3v) is 6.54. The van der Waals surface area contributed by atoms with Crippen LogP contribution in [0.25, 0.3) is 0 Å². The number of fused-ring (bicyclic) bond motifs is 1. The molecule has 0 saturated carbocycles. The summed E-state index contributed by atoms with van der Waals surface area (Å²) in [4.78, 5) is 40.7. The molecule has 1 aliphatic rings. The van der Waals surface area contributed by atoms with E-state index in [4.69, 9.17) is 14.2 Å². The van der Waals surface area contributed by atoms with Crippen molar-refractivity contribution in [2.45, 2.75) is 73.3 Å². The van der Waals surface area contributed by atoms with Gasteiger partial charge in [0.2, 0.25) is 12.7 Å². The zero-order valence-corrected chi connectivity index (χ0v) is 22.8. The standard InChI is InChI=1S/C29H37NO6/c1-17-12-18(2)25(23(13-17)36-27(33)28(4,5)6)29(7,8)15-24(31)30(9)19(3)26(32)20-10-11-21-22(14-20)35-16-34-21/h10-14,19H,15-16H2,1-9H3. The highest BCUT2D eigenvalue weighted by atomic mass is 16.7. The Labute approximate surface area is 213 Å². The fraction of sp³-hybridized carbons (Fsp3) is 0.483. The molecule has 3 rings (SSSR count). The summed E-state index contributed by atoms with van der Waals surface area (Å²) in [5.41, 5.74) is 1.85. The first-order chi connectivity index (χ1) is 16.6. The highest BCUT2D eigenvalue weighted by Gasteiger charge is 2.35. The third kappa shape index (κ3) is 5.72. The number of aryl methyl sites for hydroxylation is 2. The van der Waals surface area contributed by atoms with Crippen LogP contribution in [0.4, 0.5) is 0 Å². The maximum Gasteiger partial charge on any atom is 0.316 e. The average molecular weight is 496 g/mol. The van der Waals surface area contributed by atoms with Crippen LogP contribution >= 0.6 is 0 Å². The lowest BCUT2D eigenvalue weighted by molar-refractivity contribution is -0.143. The normalized spacial score (nSPS) is 13.8. The number of hydrogen-bond donors (Lipinski definition) is 0. The molecule has 0 saturated heterocycles. The molecule has 2 aromatic rings. The van der Waals surface area contributed by atoms with Crippen molar-refractivity contribution >= 4 is 17.7 Å². The Morgan fingerprint density at radius 1 is 1.00 bits per heavy atom. The van der Waals surface area contributed by atoms with Crippen molar-refractivity contribution in [1.29, 1.82) is 0 Å². The summed E-state index contributed by atoms with van der Waals surface area (Å²) in [6, 6.07) is 8.22. The van der Waals surface area contributed by atoms with Crippen LogP contribution in [0.5, 0.6) is 17.2 Å². The highest BCUT2D eigenvalue weighted by molar-refractivity contribution is 6.02. The van der Waals surface area contributed by atoms with Gasteiger partial charge in [-0.25, -0.2) is 0 Å². The zero-order chi connectivity index (χ0) is 27.0. The second-order valence-corrected chi connectivity index (χ2v) is 11.3. The molecule has 1 heterocycles. The number of ether oxygens (including phenoxy) is 3. The van der Waals surface area contributed by atoms with Crippen molar-refractivity contribution in [3.8, 4) is 17.2 Å². The monoisotopic (exact) mass is 495 g/mol. The molecular weight excluding hydrogens is 458 g/mol. The number of ketones is 1. The molecule has 0 spiro atoms. The highest BCUT2D eigenvalue weighted by Crippen LogP contribution is 2.39. The number of benzene rings is 2. The molecule has 1 aliphatic heterocycles. The maximum absolute atomic E-state index is 13.4. The molecule has 0 bridgehead atoms. The van der Waals surface area contributed by atoms with Gasteiger partial charge in [-0.2, -0.15) is 0 Å². The van der Waals surface area contributed by atoms with Gasteiger partial charge in [-0.05, 0) is 76.9 Å². The number of Topliss-reactive ketones (excluding diaryl/α,β-unsaturated/α-hetero) is 1. The molecule has 36 heavy (non-hydrogen) atoms. The molecule has 7 heteroatoms. The van der Waals surface area contributed by atoms with Gasteiger partial charge in [0, 0.05) is 30.0 Å². The lowest BCUT2D eigenvalue weighted by atomic mass is 9.77. The van der Waals surface area contributed by atoms with Crippen molar-refractivity contribution < 1.29 is 28.6 Å². The second-order valence-electron chi connectivity index (χ2n) is 11.3. The molecule has 0 fully saturated rings. The molecule has 1 amide bonds. The molecule has 194 valence electrons. The fourth-order valence-electron chi connectivity index (χ4n) is 4.40. The van der Waals surface area contributed by atoms with Crippen LogP contribution in [-0.4, -0.2) is 42.4 Å². The molecule has 0 aliphatic carbocycles. The van der Waals surface area contributed by atoms with Crippen LogP contribution in [0.3, 0.4) is 0 Å². The number of likely N-dealkylation sites (N-methyl/N-ethyl adjacent to an activating group) is 1. The Morgan fingerprint density at radius 2 is 1.64 bits per heavy atom. The maximum atomic E-state index is 13.4. The number of amides is 1. The van der Waals surface area contributed by atoms with Crippen LogP contribution in [0.2, 0.25) is 0 Å². The van der Waals surface area contributed by atoms with Gasteiger partial charge in [0.15, 0.2) is 17.3 Å². The predicted molar refractivity (Wildman–Crippen MR) is 138 cm³/mol. The van der Waals surface area contributed by atoms with Crippen LogP contribution in [-0.2, 0) is 15.0 Å². The van der Waals surface area contributed by atoms with Gasteiger partial charge in [-0.1, -0.05) is 19.9 Å². The van der Waals surface area contributed by atoms with Gasteiger partial charge in [0.1, 0.15) is 5.75 Å². The fourth-order valence-corrected chi connectivity index (χ4v) is 4.40. The largest absolute Gasteiger partial charge is 0.454 e. The van der Waals surface area contributed by atoms with Gasteiger partial charge < -0.3 is 19.1 Å². The minimum Gasteiger partial charge on any atom is -0.454 e. The molecule has 1 unspecified atom stereocenters. The van der Waals surface area contributed by atoms with E-state index in [9.17, 15) is 14.4 Å². The van der Waals surface area contributed by atoms with Gasteiger partial charge in [-0.15, -0.1) is 0 Å². The first kappa shape index (κ1) is 27.2. The van der Waals surface area contributed by atoms with Crippen LogP contribution in [0.15, 0.2) is 30.3 Å². The van der Waals surface area contributed by atoms with E-state index >= 15 is 0 Å². The van der Waals surface area contributed by atoms with Crippen molar-refractivity contribution in [1.82, 2.24) is 4.90 Å². The Balaban J connectivity index is 1.82. The van der Waals surface area contributed by atoms with Gasteiger partial charge >= 0.3 is 5.97 Å². The zero-order valence-electron chi connectivity index (χ0n) is 22.8. The van der Waals surface area contributed by atoms with Crippen LogP contribution in [0, 0.1) is 19.3 Å². The lowest BCUT2D eigenvalue weighted by Crippen LogP contribution is -2.42. The average Bonchev–Trinajstić information content (AvgIpc) is 3.23. The van der Waals surface area contributed by atoms with E-state index in [-0.39, 0.29) is 30.9 Å². The van der Waals surface area contributed by atoms with Gasteiger partial charge in [0.25, 0.3) is 0 Å². The summed E-state index contributed by atoms with van der Waals surface area (Å²) in [5.74, 6) is 0.883. The quantitative estimate of drug-likeness (QED) is 0.291. The predicted octanol–water partition coefficient (Wildman–Crippen LogP) is 5.38. The van der Waals surface area contributed by atoms with E-state index < -0.39 is 16.9 Å². The van der Waals surface area contributed by atoms with Crippen LogP contribution < -0.4 is 14.2 Å². The molecule has 2 aromatic carbocycles. The van der Waals surface area contributed by atoms with Crippen molar-refractivity contribution in [3.63, 3.8) is 0 Å². The number of carbonyl (C=O) groups is 3. The molecule has 1 atom stereocenters. The summed E-state index contributed by atoms with van der Waals surface area (Å²) in [6.07, 6.45) is 0.131. The molecule has 0 radical (unpaired) electrons. The number of esters is 1. The number of carbonyl (C=O) groups excluding carboxylic acids is 3. The number of rotatable bonds is 7. The van der Waals surface area contributed by atoms with Crippen molar-refractivity contribution in [2.75, 3.05) is 13.8 Å². The van der Waals surface area contributed by atoms with Crippen molar-refractivity contribution in [2.24, 2.45) is 5.41 Å². The molecule has 0 aromatic heterocycles. The van der Waals surface area contributed by atoms with E-state index in [0.717, 1.165) is 16.7 Å². The number of nitrogens with zero attached hydrogens (tertiary/aromatic N) is 1. The van der Waals surface area contributed by atoms with E-state index in [0.29, 0.717) is 22.8 Å². The van der Waals surface area contributed by atoms with Crippen molar-refractivity contribution in [3.05, 3.63) is 52.6 Å². The second kappa shape index (κ2) is 9.96. The molecular formula is C29H37NO6. The van der Waals surface area contributed by atoms with E-state index in [1.165, 1.54) is 4.90 Å². The summed E-state index contributed by atoms with van der Waals surface area (Å²) < 4.78 is 16.5. The molecule has 7 nitrogen and oxygen atoms in total. The minimum absolute atomic E-state index is 0.126. The Morgan fingerprint density at radius 3 is 2.28 bits per heavy atom. The first-order valence-corrected chi connectivity index (χ1v) is 12.2. The summed E-state index contributed by atoms with van der Waals surface area (Å²) >= 11 is 0. The van der Waals surface area contributed by atoms with Crippen LogP contribution in [0.1, 0.15) is 75.0 Å². The smallest absolute Gasteiger partial charge is 0.316 e. The minimum atomic E-state index is -0.675. The SMILES string of the molecule is Cc1cc(C)c(C(C)(C)CC(=O)N(C)C(C)C(=O)c2ccc3c(c2)OCO3)c(OC(=O)C(C)(C)C)c1. The lowest BCUT2D eigenvalue weighted by Gasteiger charge is -2.32. The van der Waals surface area contributed by atoms with Gasteiger partial charge in [0.05, 0.1) is 11.5 Å². The summed E-state index contributed by atoms with van der Waals surface area (Å²) in [6.45, 7) is 15.1. The third-order valence-electron chi connectivity index (χ3n) is 6.54. The summed E-state index contributed by atoms with van der Waals surface area (Å²) in [7, 11) is 1.64.